The Morgan fingerprint density at radius 2 is 1.90 bits per heavy atom. The molecule has 0 spiro atoms. The predicted octanol–water partition coefficient (Wildman–Crippen LogP) is 3.44. The molecule has 0 fully saturated rings. The van der Waals surface area contributed by atoms with E-state index in [-0.39, 0.29) is 29.5 Å². The van der Waals surface area contributed by atoms with Gasteiger partial charge < -0.3 is 15.2 Å². The Balaban J connectivity index is 0.00000320. The number of hydrogen-bond acceptors (Lipinski definition) is 4. The first kappa shape index (κ1) is 24.1. The van der Waals surface area contributed by atoms with Gasteiger partial charge in [-0.25, -0.2) is 4.98 Å². The number of nitrogens with one attached hydrogen (secondary N) is 2. The largest absolute Gasteiger partial charge is 0.356 e. The van der Waals surface area contributed by atoms with Crippen molar-refractivity contribution in [1.82, 2.24) is 20.2 Å². The summed E-state index contributed by atoms with van der Waals surface area (Å²) in [5, 5.41) is 7.82. The Bertz CT molecular complexity index is 997. The highest BCUT2D eigenvalue weighted by atomic mass is 127. The van der Waals surface area contributed by atoms with Gasteiger partial charge in [0.05, 0.1) is 11.6 Å². The quantitative estimate of drug-likeness (QED) is 0.263. The van der Waals surface area contributed by atoms with Crippen LogP contribution in [0.5, 0.6) is 0 Å². The van der Waals surface area contributed by atoms with E-state index in [9.17, 15) is 4.79 Å². The van der Waals surface area contributed by atoms with Crippen LogP contribution in [0, 0.1) is 0 Å². The van der Waals surface area contributed by atoms with Crippen LogP contribution in [-0.4, -0.2) is 29.1 Å². The maximum Gasteiger partial charge on any atom is 0.250 e. The molecule has 0 amide bonds. The van der Waals surface area contributed by atoms with Gasteiger partial charge in [-0.3, -0.25) is 9.79 Å². The normalized spacial score (nSPS) is 11.1. The average Bonchev–Trinajstić information content (AvgIpc) is 3.21. The Morgan fingerprint density at radius 1 is 1.13 bits per heavy atom. The summed E-state index contributed by atoms with van der Waals surface area (Å²) in [6.07, 6.45) is 5.70. The van der Waals surface area contributed by atoms with Gasteiger partial charge in [0.2, 0.25) is 0 Å². The van der Waals surface area contributed by atoms with Crippen molar-refractivity contribution in [3.05, 3.63) is 86.2 Å². The van der Waals surface area contributed by atoms with Gasteiger partial charge in [-0.05, 0) is 23.6 Å². The molecule has 2 heterocycles. The minimum Gasteiger partial charge on any atom is -0.356 e. The second-order valence-electron chi connectivity index (χ2n) is 6.66. The first-order valence-electron chi connectivity index (χ1n) is 9.79. The molecule has 3 rings (SSSR count). The Kier molecular flexibility index (Phi) is 10.0. The van der Waals surface area contributed by atoms with Crippen LogP contribution in [0.1, 0.15) is 27.9 Å². The van der Waals surface area contributed by atoms with Crippen LogP contribution >= 0.6 is 35.3 Å². The third-order valence-corrected chi connectivity index (χ3v) is 5.74. The highest BCUT2D eigenvalue weighted by Crippen LogP contribution is 2.13. The highest BCUT2D eigenvalue weighted by Gasteiger charge is 2.03. The summed E-state index contributed by atoms with van der Waals surface area (Å²) in [4.78, 5) is 21.9. The lowest BCUT2D eigenvalue weighted by atomic mass is 10.1. The van der Waals surface area contributed by atoms with Crippen molar-refractivity contribution in [2.75, 3.05) is 13.6 Å². The van der Waals surface area contributed by atoms with Gasteiger partial charge in [-0.15, -0.1) is 35.3 Å². The van der Waals surface area contributed by atoms with Crippen molar-refractivity contribution in [2.45, 2.75) is 32.9 Å². The summed E-state index contributed by atoms with van der Waals surface area (Å²) >= 11 is 1.77. The molecule has 0 bridgehead atoms. The zero-order valence-corrected chi connectivity index (χ0v) is 20.4. The van der Waals surface area contributed by atoms with E-state index in [1.165, 1.54) is 4.88 Å². The van der Waals surface area contributed by atoms with Crippen molar-refractivity contribution in [2.24, 2.45) is 4.99 Å². The molecule has 0 atom stereocenters. The number of hydrogen-bond donors (Lipinski definition) is 2. The smallest absolute Gasteiger partial charge is 0.250 e. The van der Waals surface area contributed by atoms with Gasteiger partial charge in [0, 0.05) is 49.9 Å². The second kappa shape index (κ2) is 12.5. The summed E-state index contributed by atoms with van der Waals surface area (Å²) in [7, 11) is 1.77. The van der Waals surface area contributed by atoms with E-state index in [2.05, 4.69) is 51.8 Å². The van der Waals surface area contributed by atoms with Crippen LogP contribution in [0.2, 0.25) is 0 Å². The van der Waals surface area contributed by atoms with Crippen LogP contribution in [0.25, 0.3) is 0 Å². The summed E-state index contributed by atoms with van der Waals surface area (Å²) in [6.45, 7) is 4.20. The van der Waals surface area contributed by atoms with Crippen LogP contribution in [-0.2, 0) is 25.9 Å². The van der Waals surface area contributed by atoms with Crippen molar-refractivity contribution < 1.29 is 0 Å². The zero-order chi connectivity index (χ0) is 20.5. The number of halogens is 1. The molecular formula is C22H28IN5OS. The number of nitrogens with zero attached hydrogens (tertiary/aromatic N) is 3. The summed E-state index contributed by atoms with van der Waals surface area (Å²) < 4.78 is 1.70. The number of aromatic nitrogens is 2. The maximum atomic E-state index is 11.8. The molecule has 2 aromatic heterocycles. The lowest BCUT2D eigenvalue weighted by Crippen LogP contribution is -2.37. The number of guanidine groups is 1. The average molecular weight is 537 g/mol. The summed E-state index contributed by atoms with van der Waals surface area (Å²) in [6, 6.07) is 13.5. The zero-order valence-electron chi connectivity index (χ0n) is 17.3. The van der Waals surface area contributed by atoms with Crippen molar-refractivity contribution in [1.29, 1.82) is 0 Å². The number of benzene rings is 1. The fourth-order valence-electron chi connectivity index (χ4n) is 2.87. The van der Waals surface area contributed by atoms with E-state index < -0.39 is 0 Å². The number of aliphatic imine (C=N–C) groups is 1. The maximum absolute atomic E-state index is 11.8. The van der Waals surface area contributed by atoms with Crippen molar-refractivity contribution in [3.63, 3.8) is 0 Å². The van der Waals surface area contributed by atoms with Crippen LogP contribution in [0.4, 0.5) is 0 Å². The van der Waals surface area contributed by atoms with Gasteiger partial charge in [0.25, 0.3) is 5.56 Å². The molecule has 0 aliphatic heterocycles. The Morgan fingerprint density at radius 3 is 2.57 bits per heavy atom. The monoisotopic (exact) mass is 537 g/mol. The number of pyridine rings is 1. The minimum atomic E-state index is 0. The number of rotatable bonds is 8. The van der Waals surface area contributed by atoms with Gasteiger partial charge in [0.1, 0.15) is 0 Å². The summed E-state index contributed by atoms with van der Waals surface area (Å²) in [5.74, 6) is 0.775. The number of aryl methyl sites for hydroxylation is 1. The molecule has 0 saturated carbocycles. The third kappa shape index (κ3) is 7.24. The predicted molar refractivity (Wildman–Crippen MR) is 135 cm³/mol. The van der Waals surface area contributed by atoms with Crippen LogP contribution in [0.15, 0.2) is 64.6 Å². The van der Waals surface area contributed by atoms with Crippen LogP contribution < -0.4 is 16.2 Å². The molecule has 6 nitrogen and oxygen atoms in total. The van der Waals surface area contributed by atoms with E-state index >= 15 is 0 Å². The van der Waals surface area contributed by atoms with Gasteiger partial charge in [-0.2, -0.15) is 0 Å². The lowest BCUT2D eigenvalue weighted by molar-refractivity contribution is 0.757. The molecule has 3 aromatic rings. The molecule has 1 aromatic carbocycles. The van der Waals surface area contributed by atoms with E-state index in [0.29, 0.717) is 13.1 Å². The minimum absolute atomic E-state index is 0. The molecule has 160 valence electrons. The Labute approximate surface area is 198 Å². The third-order valence-electron chi connectivity index (χ3n) is 4.54. The fourth-order valence-corrected chi connectivity index (χ4v) is 3.73. The first-order chi connectivity index (χ1) is 14.2. The van der Waals surface area contributed by atoms with Gasteiger partial charge in [-0.1, -0.05) is 37.3 Å². The second-order valence-corrected chi connectivity index (χ2v) is 7.86. The molecular weight excluding hydrogens is 509 g/mol. The molecule has 0 saturated heterocycles. The first-order valence-corrected chi connectivity index (χ1v) is 10.6. The molecule has 0 aliphatic rings. The van der Waals surface area contributed by atoms with Gasteiger partial charge in [0.15, 0.2) is 5.96 Å². The van der Waals surface area contributed by atoms with E-state index in [1.807, 2.05) is 18.5 Å². The molecule has 30 heavy (non-hydrogen) atoms. The van der Waals surface area contributed by atoms with E-state index in [0.717, 1.165) is 41.5 Å². The molecule has 8 heteroatoms. The number of thiazole rings is 1. The molecule has 0 aliphatic carbocycles. The summed E-state index contributed by atoms with van der Waals surface area (Å²) in [5.41, 5.74) is 2.26. The highest BCUT2D eigenvalue weighted by molar-refractivity contribution is 14.0. The molecule has 2 N–H and O–H groups in total. The van der Waals surface area contributed by atoms with Gasteiger partial charge >= 0.3 is 0 Å². The van der Waals surface area contributed by atoms with Crippen molar-refractivity contribution >= 4 is 41.3 Å². The molecule has 0 unspecified atom stereocenters. The molecule has 0 radical (unpaired) electrons. The SMILES string of the molecule is CCc1cnc(CCNC(=NC)NCc2ccc(Cn3ccccc3=O)cc2)s1.I. The topological polar surface area (TPSA) is 71.3 Å². The van der Waals surface area contributed by atoms with E-state index in [1.54, 1.807) is 35.1 Å². The fraction of sp³-hybridized carbons (Fsp3) is 0.318. The van der Waals surface area contributed by atoms with Crippen molar-refractivity contribution in [3.8, 4) is 0 Å². The standard InChI is InChI=1S/C22H27N5OS.HI/c1-3-19-15-25-20(29-19)11-12-24-22(23-2)26-14-17-7-9-18(10-8-17)16-27-13-5-4-6-21(27)28;/h4-10,13,15H,3,11-12,14,16H2,1-2H3,(H2,23,24,26);1H. The Hall–Kier alpha value is -2.20. The van der Waals surface area contributed by atoms with E-state index in [4.69, 9.17) is 0 Å². The lowest BCUT2D eigenvalue weighted by Gasteiger charge is -2.12. The van der Waals surface area contributed by atoms with Crippen LogP contribution in [0.3, 0.4) is 0 Å².